The number of nitrogens with zero attached hydrogens (tertiary/aromatic N) is 3. The molecule has 0 fully saturated rings. The lowest BCUT2D eigenvalue weighted by molar-refractivity contribution is -0.212. The molecule has 0 N–H and O–H groups in total. The van der Waals surface area contributed by atoms with Gasteiger partial charge in [-0.2, -0.15) is 4.98 Å². The molecule has 0 aliphatic heterocycles. The minimum Gasteiger partial charge on any atom is -0.246 e. The predicted octanol–water partition coefficient (Wildman–Crippen LogP) is 1.52. The van der Waals surface area contributed by atoms with Crippen LogP contribution >= 0.6 is 0 Å². The first-order valence-electron chi connectivity index (χ1n) is 4.45. The van der Waals surface area contributed by atoms with E-state index in [4.69, 9.17) is 9.68 Å². The van der Waals surface area contributed by atoms with Crippen molar-refractivity contribution < 1.29 is 9.68 Å². The maximum atomic E-state index is 4.94. The molecule has 0 aliphatic rings. The lowest BCUT2D eigenvalue weighted by Crippen LogP contribution is -2.22. The Morgan fingerprint density at radius 3 is 2.40 bits per heavy atom. The Bertz CT molecular complexity index is 457. The predicted molar refractivity (Wildman–Crippen MR) is 55.4 cm³/mol. The van der Waals surface area contributed by atoms with E-state index in [1.165, 1.54) is 19.4 Å². The average molecular weight is 205 g/mol. The molecule has 2 aromatic rings. The summed E-state index contributed by atoms with van der Waals surface area (Å²) in [5, 5.41) is 1.19. The number of rotatable bonds is 3. The minimum absolute atomic E-state index is 0.513. The third kappa shape index (κ3) is 1.94. The third-order valence-electron chi connectivity index (χ3n) is 1.95. The molecule has 1 aromatic heterocycles. The second-order valence-electron chi connectivity index (χ2n) is 2.84. The maximum absolute atomic E-state index is 4.94. The largest absolute Gasteiger partial charge is 0.377 e. The molecule has 0 amide bonds. The summed E-state index contributed by atoms with van der Waals surface area (Å²) in [6, 6.07) is 7.61. The Hall–Kier alpha value is -1.56. The van der Waals surface area contributed by atoms with E-state index < -0.39 is 0 Å². The zero-order valence-corrected chi connectivity index (χ0v) is 8.54. The Labute approximate surface area is 87.2 Å². The van der Waals surface area contributed by atoms with E-state index in [0.717, 1.165) is 11.0 Å². The van der Waals surface area contributed by atoms with Crippen molar-refractivity contribution in [3.63, 3.8) is 0 Å². The van der Waals surface area contributed by atoms with E-state index in [1.54, 1.807) is 6.20 Å². The molecule has 15 heavy (non-hydrogen) atoms. The van der Waals surface area contributed by atoms with Gasteiger partial charge < -0.3 is 0 Å². The van der Waals surface area contributed by atoms with Gasteiger partial charge in [-0.3, -0.25) is 0 Å². The summed E-state index contributed by atoms with van der Waals surface area (Å²) < 4.78 is 0. The lowest BCUT2D eigenvalue weighted by atomic mass is 10.3. The zero-order chi connectivity index (χ0) is 10.7. The van der Waals surface area contributed by atoms with Crippen LogP contribution in [0, 0.1) is 0 Å². The molecular formula is C10H11N3O2+. The summed E-state index contributed by atoms with van der Waals surface area (Å²) in [5.41, 5.74) is 1.64. The first kappa shape index (κ1) is 9.97. The Morgan fingerprint density at radius 1 is 1.07 bits per heavy atom. The summed E-state index contributed by atoms with van der Waals surface area (Å²) in [6.07, 6.45) is 1.59. The van der Waals surface area contributed by atoms with Crippen LogP contribution < -0.4 is 5.23 Å². The SMILES string of the molecule is CO[N+](OC)c1cnc2ccccc2n1. The second kappa shape index (κ2) is 4.31. The van der Waals surface area contributed by atoms with Crippen LogP contribution in [-0.4, -0.2) is 24.2 Å². The van der Waals surface area contributed by atoms with Crippen LogP contribution in [0.25, 0.3) is 11.0 Å². The maximum Gasteiger partial charge on any atom is 0.377 e. The van der Waals surface area contributed by atoms with Gasteiger partial charge in [0.25, 0.3) is 0 Å². The lowest BCUT2D eigenvalue weighted by Gasteiger charge is -2.00. The molecule has 0 bridgehead atoms. The van der Waals surface area contributed by atoms with Crippen LogP contribution in [-0.2, 0) is 9.68 Å². The van der Waals surface area contributed by atoms with Crippen LogP contribution in [0.5, 0.6) is 0 Å². The van der Waals surface area contributed by atoms with Crippen molar-refractivity contribution in [1.29, 1.82) is 0 Å². The molecule has 5 nitrogen and oxygen atoms in total. The highest BCUT2D eigenvalue weighted by Crippen LogP contribution is 2.14. The fraction of sp³-hybridized carbons (Fsp3) is 0.200. The summed E-state index contributed by atoms with van der Waals surface area (Å²) in [7, 11) is 3.00. The minimum atomic E-state index is 0.513. The number of para-hydroxylation sites is 2. The number of anilines is 1. The molecule has 5 heteroatoms. The highest BCUT2D eigenvalue weighted by Gasteiger charge is 2.23. The van der Waals surface area contributed by atoms with Gasteiger partial charge >= 0.3 is 5.82 Å². The number of aromatic nitrogens is 2. The molecule has 0 aliphatic carbocycles. The zero-order valence-electron chi connectivity index (χ0n) is 8.54. The molecular weight excluding hydrogens is 194 g/mol. The standard InChI is InChI=1S/C10H11N3O2/c1-14-13(15-2)10-7-11-8-5-3-4-6-9(8)12-10/h3-7H,1-2H3/q+1. The van der Waals surface area contributed by atoms with E-state index in [2.05, 4.69) is 9.97 Å². The molecule has 0 unspecified atom stereocenters. The fourth-order valence-corrected chi connectivity index (χ4v) is 1.30. The highest BCUT2D eigenvalue weighted by atomic mass is 16.9. The van der Waals surface area contributed by atoms with Gasteiger partial charge in [-0.05, 0) is 12.1 Å². The van der Waals surface area contributed by atoms with E-state index in [0.29, 0.717) is 5.82 Å². The Balaban J connectivity index is 2.46. The molecule has 0 saturated carbocycles. The van der Waals surface area contributed by atoms with Crippen molar-refractivity contribution in [1.82, 2.24) is 15.2 Å². The van der Waals surface area contributed by atoms with Crippen LogP contribution in [0.15, 0.2) is 30.5 Å². The first-order valence-corrected chi connectivity index (χ1v) is 4.45. The van der Waals surface area contributed by atoms with Crippen LogP contribution in [0.1, 0.15) is 0 Å². The van der Waals surface area contributed by atoms with E-state index in [9.17, 15) is 0 Å². The van der Waals surface area contributed by atoms with Gasteiger partial charge in [-0.15, -0.1) is 9.68 Å². The molecule has 1 radical (unpaired) electrons. The second-order valence-corrected chi connectivity index (χ2v) is 2.84. The number of hydrogen-bond acceptors (Lipinski definition) is 5. The fourth-order valence-electron chi connectivity index (χ4n) is 1.30. The van der Waals surface area contributed by atoms with Gasteiger partial charge in [0.05, 0.1) is 11.0 Å². The van der Waals surface area contributed by atoms with E-state index in [1.807, 2.05) is 24.3 Å². The molecule has 1 aromatic carbocycles. The topological polar surface area (TPSA) is 50.1 Å². The monoisotopic (exact) mass is 205 g/mol. The molecule has 0 saturated heterocycles. The number of hydrogen-bond donors (Lipinski definition) is 0. The number of fused-ring (bicyclic) bond motifs is 1. The van der Waals surface area contributed by atoms with Gasteiger partial charge in [0, 0.05) is 0 Å². The molecule has 77 valence electrons. The quantitative estimate of drug-likeness (QED) is 0.713. The van der Waals surface area contributed by atoms with Crippen LogP contribution in [0.4, 0.5) is 5.82 Å². The summed E-state index contributed by atoms with van der Waals surface area (Å²) >= 11 is 0. The van der Waals surface area contributed by atoms with Crippen LogP contribution in [0.2, 0.25) is 0 Å². The van der Waals surface area contributed by atoms with Gasteiger partial charge in [0.15, 0.2) is 0 Å². The molecule has 2 rings (SSSR count). The van der Waals surface area contributed by atoms with Crippen molar-refractivity contribution in [2.24, 2.45) is 0 Å². The van der Waals surface area contributed by atoms with E-state index >= 15 is 0 Å². The normalized spacial score (nSPS) is 11.1. The molecule has 1 heterocycles. The van der Waals surface area contributed by atoms with Crippen LogP contribution in [0.3, 0.4) is 0 Å². The van der Waals surface area contributed by atoms with Crippen molar-refractivity contribution in [3.05, 3.63) is 30.5 Å². The van der Waals surface area contributed by atoms with Gasteiger partial charge in [0.2, 0.25) is 5.23 Å². The smallest absolute Gasteiger partial charge is 0.246 e. The van der Waals surface area contributed by atoms with Crippen molar-refractivity contribution in [2.45, 2.75) is 0 Å². The third-order valence-corrected chi connectivity index (χ3v) is 1.95. The molecule has 0 spiro atoms. The van der Waals surface area contributed by atoms with E-state index in [-0.39, 0.29) is 0 Å². The van der Waals surface area contributed by atoms with Crippen molar-refractivity contribution >= 4 is 16.9 Å². The Morgan fingerprint density at radius 2 is 1.73 bits per heavy atom. The van der Waals surface area contributed by atoms with Gasteiger partial charge in [-0.25, -0.2) is 4.98 Å². The summed E-state index contributed by atoms with van der Waals surface area (Å²) in [6.45, 7) is 0. The first-order chi connectivity index (χ1) is 7.35. The van der Waals surface area contributed by atoms with Crippen molar-refractivity contribution in [2.75, 3.05) is 14.2 Å². The summed E-state index contributed by atoms with van der Waals surface area (Å²) in [4.78, 5) is 18.5. The summed E-state index contributed by atoms with van der Waals surface area (Å²) in [5.74, 6) is 0.513. The highest BCUT2D eigenvalue weighted by molar-refractivity contribution is 5.74. The van der Waals surface area contributed by atoms with Gasteiger partial charge in [0.1, 0.15) is 20.4 Å². The number of benzene rings is 1. The Kier molecular flexibility index (Phi) is 2.86. The van der Waals surface area contributed by atoms with Gasteiger partial charge in [-0.1, -0.05) is 12.1 Å². The van der Waals surface area contributed by atoms with Crippen molar-refractivity contribution in [3.8, 4) is 0 Å². The average Bonchev–Trinajstić information content (AvgIpc) is 2.30. The molecule has 0 atom stereocenters.